The van der Waals surface area contributed by atoms with Crippen molar-refractivity contribution < 1.29 is 19.4 Å². The molecule has 1 amide bonds. The van der Waals surface area contributed by atoms with E-state index in [4.69, 9.17) is 4.74 Å². The van der Waals surface area contributed by atoms with Gasteiger partial charge in [-0.05, 0) is 53.9 Å². The van der Waals surface area contributed by atoms with E-state index < -0.39 is 17.7 Å². The number of aromatic nitrogens is 2. The molecule has 0 aliphatic carbocycles. The lowest BCUT2D eigenvalue weighted by Gasteiger charge is -2.25. The van der Waals surface area contributed by atoms with E-state index >= 15 is 0 Å². The SMILES string of the molecule is CCCCOc1cccc(/C(O)=C2\C(=O)C(=O)N(Cc3ccncc3)C2c2ccncc2)c1. The van der Waals surface area contributed by atoms with Crippen molar-refractivity contribution in [1.82, 2.24) is 14.9 Å². The van der Waals surface area contributed by atoms with Crippen molar-refractivity contribution in [2.24, 2.45) is 0 Å². The highest BCUT2D eigenvalue weighted by Gasteiger charge is 2.46. The number of aliphatic hydroxyl groups is 1. The van der Waals surface area contributed by atoms with Crippen LogP contribution in [0.3, 0.4) is 0 Å². The maximum Gasteiger partial charge on any atom is 0.295 e. The molecule has 3 aromatic rings. The van der Waals surface area contributed by atoms with Gasteiger partial charge >= 0.3 is 0 Å². The summed E-state index contributed by atoms with van der Waals surface area (Å²) in [4.78, 5) is 35.7. The van der Waals surface area contributed by atoms with Crippen LogP contribution in [0.5, 0.6) is 5.75 Å². The molecule has 1 aliphatic heterocycles. The second-order valence-electron chi connectivity index (χ2n) is 7.79. The lowest BCUT2D eigenvalue weighted by Crippen LogP contribution is -2.29. The van der Waals surface area contributed by atoms with Crippen molar-refractivity contribution in [3.63, 3.8) is 0 Å². The smallest absolute Gasteiger partial charge is 0.295 e. The van der Waals surface area contributed by atoms with Crippen LogP contribution in [0.25, 0.3) is 5.76 Å². The number of Topliss-reactive ketones (excluding diaryl/α,β-unsaturated/α-hetero) is 1. The van der Waals surface area contributed by atoms with Crippen LogP contribution in [0, 0.1) is 0 Å². The van der Waals surface area contributed by atoms with Gasteiger partial charge in [0.15, 0.2) is 0 Å². The number of carbonyl (C=O) groups excluding carboxylic acids is 2. The standard InChI is InChI=1S/C26H25N3O4/c1-2-3-15-33-21-6-4-5-20(16-21)24(30)22-23(19-9-13-28-14-10-19)29(26(32)25(22)31)17-18-7-11-27-12-8-18/h4-14,16,23,30H,2-3,15,17H2,1H3/b24-22+. The first-order chi connectivity index (χ1) is 16.1. The van der Waals surface area contributed by atoms with Gasteiger partial charge in [0.2, 0.25) is 0 Å². The summed E-state index contributed by atoms with van der Waals surface area (Å²) in [6.07, 6.45) is 8.40. The Kier molecular flexibility index (Phi) is 6.78. The molecule has 1 aromatic carbocycles. The van der Waals surface area contributed by atoms with Gasteiger partial charge in [0.05, 0.1) is 18.2 Å². The van der Waals surface area contributed by atoms with E-state index in [0.717, 1.165) is 18.4 Å². The molecule has 4 rings (SSSR count). The molecule has 0 spiro atoms. The van der Waals surface area contributed by atoms with Crippen molar-refractivity contribution in [2.75, 3.05) is 6.61 Å². The average molecular weight is 444 g/mol. The van der Waals surface area contributed by atoms with Gasteiger partial charge in [0.1, 0.15) is 11.5 Å². The van der Waals surface area contributed by atoms with Gasteiger partial charge in [-0.1, -0.05) is 25.5 Å². The summed E-state index contributed by atoms with van der Waals surface area (Å²) >= 11 is 0. The van der Waals surface area contributed by atoms with Crippen LogP contribution in [0.4, 0.5) is 0 Å². The van der Waals surface area contributed by atoms with Gasteiger partial charge in [-0.15, -0.1) is 0 Å². The summed E-state index contributed by atoms with van der Waals surface area (Å²) in [5.41, 5.74) is 1.99. The van der Waals surface area contributed by atoms with E-state index in [2.05, 4.69) is 16.9 Å². The summed E-state index contributed by atoms with van der Waals surface area (Å²) in [5.74, 6) is -1.02. The molecule has 1 unspecified atom stereocenters. The fourth-order valence-corrected chi connectivity index (χ4v) is 3.84. The Bertz CT molecular complexity index is 1160. The Hall–Kier alpha value is -4.00. The van der Waals surface area contributed by atoms with Crippen LogP contribution < -0.4 is 4.74 Å². The van der Waals surface area contributed by atoms with Crippen LogP contribution >= 0.6 is 0 Å². The highest BCUT2D eigenvalue weighted by molar-refractivity contribution is 6.46. The third-order valence-electron chi connectivity index (χ3n) is 5.54. The molecule has 1 atom stereocenters. The fourth-order valence-electron chi connectivity index (χ4n) is 3.84. The number of hydrogen-bond acceptors (Lipinski definition) is 6. The zero-order valence-electron chi connectivity index (χ0n) is 18.3. The highest BCUT2D eigenvalue weighted by atomic mass is 16.5. The molecular weight excluding hydrogens is 418 g/mol. The molecule has 7 nitrogen and oxygen atoms in total. The van der Waals surface area contributed by atoms with E-state index in [1.54, 1.807) is 73.3 Å². The average Bonchev–Trinajstić information content (AvgIpc) is 3.10. The van der Waals surface area contributed by atoms with Crippen molar-refractivity contribution in [2.45, 2.75) is 32.4 Å². The normalized spacial score (nSPS) is 17.4. The third-order valence-corrected chi connectivity index (χ3v) is 5.54. The van der Waals surface area contributed by atoms with Gasteiger partial charge in [0, 0.05) is 36.9 Å². The first kappa shape index (κ1) is 22.2. The van der Waals surface area contributed by atoms with Gasteiger partial charge < -0.3 is 14.7 Å². The molecule has 0 radical (unpaired) electrons. The molecule has 2 aromatic heterocycles. The number of hydrogen-bond donors (Lipinski definition) is 1. The number of likely N-dealkylation sites (tertiary alicyclic amines) is 1. The minimum atomic E-state index is -0.745. The number of carbonyl (C=O) groups is 2. The first-order valence-electron chi connectivity index (χ1n) is 10.9. The van der Waals surface area contributed by atoms with E-state index in [0.29, 0.717) is 23.5 Å². The Morgan fingerprint density at radius 2 is 1.73 bits per heavy atom. The number of ether oxygens (including phenoxy) is 1. The minimum Gasteiger partial charge on any atom is -0.507 e. The van der Waals surface area contributed by atoms with E-state index in [1.807, 2.05) is 0 Å². The van der Waals surface area contributed by atoms with Crippen LogP contribution in [-0.4, -0.2) is 38.3 Å². The fraction of sp³-hybridized carbons (Fsp3) is 0.231. The van der Waals surface area contributed by atoms with Gasteiger partial charge in [-0.2, -0.15) is 0 Å². The van der Waals surface area contributed by atoms with Crippen LogP contribution in [-0.2, 0) is 16.1 Å². The lowest BCUT2D eigenvalue weighted by molar-refractivity contribution is -0.140. The first-order valence-corrected chi connectivity index (χ1v) is 10.9. The topological polar surface area (TPSA) is 92.6 Å². The number of aliphatic hydroxyl groups excluding tert-OH is 1. The van der Waals surface area contributed by atoms with E-state index in [-0.39, 0.29) is 17.9 Å². The third kappa shape index (κ3) is 4.77. The largest absolute Gasteiger partial charge is 0.507 e. The monoisotopic (exact) mass is 443 g/mol. The molecule has 1 aliphatic rings. The molecule has 0 bridgehead atoms. The zero-order valence-corrected chi connectivity index (χ0v) is 18.3. The number of ketones is 1. The molecule has 1 N–H and O–H groups in total. The van der Waals surface area contributed by atoms with Gasteiger partial charge in [-0.3, -0.25) is 19.6 Å². The van der Waals surface area contributed by atoms with Crippen molar-refractivity contribution >= 4 is 17.4 Å². The zero-order chi connectivity index (χ0) is 23.2. The predicted octanol–water partition coefficient (Wildman–Crippen LogP) is 4.28. The maximum atomic E-state index is 13.1. The number of unbranched alkanes of at least 4 members (excludes halogenated alkanes) is 1. The van der Waals surface area contributed by atoms with E-state index in [9.17, 15) is 14.7 Å². The van der Waals surface area contributed by atoms with Gasteiger partial charge in [-0.25, -0.2) is 0 Å². The van der Waals surface area contributed by atoms with Crippen LogP contribution in [0.2, 0.25) is 0 Å². The summed E-state index contributed by atoms with van der Waals surface area (Å²) in [5, 5.41) is 11.2. The number of benzene rings is 1. The predicted molar refractivity (Wildman–Crippen MR) is 123 cm³/mol. The van der Waals surface area contributed by atoms with Crippen molar-refractivity contribution in [1.29, 1.82) is 0 Å². The molecule has 168 valence electrons. The number of nitrogens with zero attached hydrogens (tertiary/aromatic N) is 3. The maximum absolute atomic E-state index is 13.1. The quantitative estimate of drug-likeness (QED) is 0.242. The second kappa shape index (κ2) is 10.1. The second-order valence-corrected chi connectivity index (χ2v) is 7.79. The molecule has 7 heteroatoms. The molecule has 1 saturated heterocycles. The molecular formula is C26H25N3O4. The molecule has 1 fully saturated rings. The molecule has 3 heterocycles. The molecule has 33 heavy (non-hydrogen) atoms. The number of rotatable bonds is 8. The van der Waals surface area contributed by atoms with Crippen LogP contribution in [0.1, 0.15) is 42.5 Å². The van der Waals surface area contributed by atoms with E-state index in [1.165, 1.54) is 4.90 Å². The van der Waals surface area contributed by atoms with Crippen molar-refractivity contribution in [3.8, 4) is 5.75 Å². The molecule has 0 saturated carbocycles. The summed E-state index contributed by atoms with van der Waals surface area (Å²) in [7, 11) is 0. The highest BCUT2D eigenvalue weighted by Crippen LogP contribution is 2.40. The minimum absolute atomic E-state index is 0.0472. The van der Waals surface area contributed by atoms with Crippen molar-refractivity contribution in [3.05, 3.63) is 95.6 Å². The Labute approximate surface area is 192 Å². The Morgan fingerprint density at radius 1 is 1.03 bits per heavy atom. The number of pyridine rings is 2. The number of amides is 1. The Balaban J connectivity index is 1.76. The Morgan fingerprint density at radius 3 is 2.42 bits per heavy atom. The summed E-state index contributed by atoms with van der Waals surface area (Å²) in [6, 6.07) is 13.3. The lowest BCUT2D eigenvalue weighted by atomic mass is 9.95. The summed E-state index contributed by atoms with van der Waals surface area (Å²) < 4.78 is 5.75. The van der Waals surface area contributed by atoms with Gasteiger partial charge in [0.25, 0.3) is 11.7 Å². The summed E-state index contributed by atoms with van der Waals surface area (Å²) in [6.45, 7) is 2.85. The van der Waals surface area contributed by atoms with Crippen LogP contribution in [0.15, 0.2) is 78.9 Å².